The Labute approximate surface area is 92.4 Å². The van der Waals surface area contributed by atoms with Crippen molar-refractivity contribution in [1.29, 1.82) is 0 Å². The summed E-state index contributed by atoms with van der Waals surface area (Å²) in [5.41, 5.74) is 0. The molecule has 0 saturated carbocycles. The van der Waals surface area contributed by atoms with Crippen LogP contribution < -0.4 is 0 Å². The molecule has 0 atom stereocenters. The first-order valence-corrected chi connectivity index (χ1v) is 7.38. The highest BCUT2D eigenvalue weighted by atomic mass is 127. The normalized spacial score (nSPS) is 11.9. The molecule has 0 spiro atoms. The highest BCUT2D eigenvalue weighted by molar-refractivity contribution is 14.1. The molecular formula is C7H16IO4P. The van der Waals surface area contributed by atoms with Crippen LogP contribution in [0.2, 0.25) is 0 Å². The van der Waals surface area contributed by atoms with E-state index in [2.05, 4.69) is 27.1 Å². The number of phosphoric ester groups is 1. The molecule has 4 nitrogen and oxygen atoms in total. The van der Waals surface area contributed by atoms with Crippen LogP contribution in [-0.4, -0.2) is 20.8 Å². The summed E-state index contributed by atoms with van der Waals surface area (Å²) in [5, 5.41) is 0. The molecule has 13 heavy (non-hydrogen) atoms. The average molecular weight is 322 g/mol. The van der Waals surface area contributed by atoms with Crippen LogP contribution in [-0.2, 0) is 9.09 Å². The van der Waals surface area contributed by atoms with Gasteiger partial charge in [-0.1, -0.05) is 41.9 Å². The Morgan fingerprint density at radius 2 is 1.62 bits per heavy atom. The van der Waals surface area contributed by atoms with E-state index in [0.29, 0.717) is 0 Å². The van der Waals surface area contributed by atoms with E-state index in [0.717, 1.165) is 19.3 Å². The minimum atomic E-state index is -4.23. The second kappa shape index (κ2) is 8.17. The predicted molar refractivity (Wildman–Crippen MR) is 60.0 cm³/mol. The first kappa shape index (κ1) is 13.8. The Kier molecular flexibility index (Phi) is 8.70. The zero-order valence-corrected chi connectivity index (χ0v) is 10.5. The SMILES string of the molecule is O=P(O)(O)OCCCCCCCI. The van der Waals surface area contributed by atoms with Gasteiger partial charge in [-0.25, -0.2) is 4.57 Å². The first-order chi connectivity index (χ1) is 6.06. The maximum Gasteiger partial charge on any atom is 0.469 e. The fraction of sp³-hybridized carbons (Fsp3) is 1.00. The van der Waals surface area contributed by atoms with Gasteiger partial charge in [-0.2, -0.15) is 0 Å². The molecule has 0 saturated heterocycles. The van der Waals surface area contributed by atoms with Crippen molar-refractivity contribution < 1.29 is 18.9 Å². The highest BCUT2D eigenvalue weighted by Crippen LogP contribution is 2.35. The Bertz CT molecular complexity index is 159. The van der Waals surface area contributed by atoms with E-state index < -0.39 is 7.82 Å². The zero-order chi connectivity index (χ0) is 10.2. The molecule has 0 aliphatic carbocycles. The number of hydrogen-bond acceptors (Lipinski definition) is 2. The van der Waals surface area contributed by atoms with Crippen LogP contribution in [0.15, 0.2) is 0 Å². The third kappa shape index (κ3) is 12.8. The number of rotatable bonds is 8. The molecule has 0 radical (unpaired) electrons. The van der Waals surface area contributed by atoms with E-state index in [4.69, 9.17) is 9.79 Å². The molecule has 0 aliphatic rings. The van der Waals surface area contributed by atoms with Crippen LogP contribution >= 0.6 is 30.4 Å². The number of phosphoric acid groups is 1. The van der Waals surface area contributed by atoms with Gasteiger partial charge in [0.15, 0.2) is 0 Å². The summed E-state index contributed by atoms with van der Waals surface area (Å²) in [6, 6.07) is 0. The smallest absolute Gasteiger partial charge is 0.303 e. The molecule has 0 fully saturated rings. The van der Waals surface area contributed by atoms with E-state index >= 15 is 0 Å². The lowest BCUT2D eigenvalue weighted by Gasteiger charge is -2.04. The summed E-state index contributed by atoms with van der Waals surface area (Å²) >= 11 is 2.34. The molecule has 0 heterocycles. The molecule has 0 unspecified atom stereocenters. The fourth-order valence-electron chi connectivity index (χ4n) is 0.910. The molecule has 6 heteroatoms. The number of hydrogen-bond donors (Lipinski definition) is 2. The van der Waals surface area contributed by atoms with Gasteiger partial charge in [-0.05, 0) is 17.3 Å². The molecule has 0 aromatic heterocycles. The summed E-state index contributed by atoms with van der Waals surface area (Å²) in [5.74, 6) is 0. The molecule has 0 bridgehead atoms. The van der Waals surface area contributed by atoms with Crippen molar-refractivity contribution in [3.8, 4) is 0 Å². The molecule has 80 valence electrons. The van der Waals surface area contributed by atoms with Gasteiger partial charge in [-0.3, -0.25) is 4.52 Å². The van der Waals surface area contributed by atoms with E-state index in [1.165, 1.54) is 17.3 Å². The summed E-state index contributed by atoms with van der Waals surface area (Å²) < 4.78 is 15.7. The minimum Gasteiger partial charge on any atom is -0.303 e. The third-order valence-corrected chi connectivity index (χ3v) is 2.82. The number of unbranched alkanes of at least 4 members (excludes halogenated alkanes) is 4. The Hall–Kier alpha value is 0.840. The molecule has 2 N–H and O–H groups in total. The van der Waals surface area contributed by atoms with E-state index in [1.807, 2.05) is 0 Å². The Balaban J connectivity index is 3.04. The van der Waals surface area contributed by atoms with Crippen LogP contribution in [0.4, 0.5) is 0 Å². The number of alkyl halides is 1. The van der Waals surface area contributed by atoms with Crippen molar-refractivity contribution in [1.82, 2.24) is 0 Å². The monoisotopic (exact) mass is 322 g/mol. The lowest BCUT2D eigenvalue weighted by Crippen LogP contribution is -1.92. The summed E-state index contributed by atoms with van der Waals surface area (Å²) in [7, 11) is -4.23. The lowest BCUT2D eigenvalue weighted by atomic mass is 10.2. The quantitative estimate of drug-likeness (QED) is 0.312. The van der Waals surface area contributed by atoms with Crippen LogP contribution in [0, 0.1) is 0 Å². The highest BCUT2D eigenvalue weighted by Gasteiger charge is 2.12. The predicted octanol–water partition coefficient (Wildman–Crippen LogP) is 2.48. The summed E-state index contributed by atoms with van der Waals surface area (Å²) in [6.07, 6.45) is 5.25. The van der Waals surface area contributed by atoms with Gasteiger partial charge in [0.05, 0.1) is 6.61 Å². The summed E-state index contributed by atoms with van der Waals surface area (Å²) in [6.45, 7) is 0.161. The first-order valence-electron chi connectivity index (χ1n) is 4.32. The molecule has 0 aliphatic heterocycles. The third-order valence-electron chi connectivity index (χ3n) is 1.54. The average Bonchev–Trinajstić information content (AvgIpc) is 2.01. The molecule has 0 aromatic rings. The zero-order valence-electron chi connectivity index (χ0n) is 7.49. The molecular weight excluding hydrogens is 306 g/mol. The van der Waals surface area contributed by atoms with E-state index in [-0.39, 0.29) is 6.61 Å². The second-order valence-corrected chi connectivity index (χ2v) is 5.10. The van der Waals surface area contributed by atoms with Crippen molar-refractivity contribution >= 4 is 30.4 Å². The van der Waals surface area contributed by atoms with Crippen LogP contribution in [0.1, 0.15) is 32.1 Å². The van der Waals surface area contributed by atoms with Crippen molar-refractivity contribution in [3.63, 3.8) is 0 Å². The van der Waals surface area contributed by atoms with Gasteiger partial charge in [0.1, 0.15) is 0 Å². The van der Waals surface area contributed by atoms with Gasteiger partial charge in [0.2, 0.25) is 0 Å². The van der Waals surface area contributed by atoms with Gasteiger partial charge < -0.3 is 9.79 Å². The van der Waals surface area contributed by atoms with Crippen molar-refractivity contribution in [2.24, 2.45) is 0 Å². The molecule has 0 aromatic carbocycles. The summed E-state index contributed by atoms with van der Waals surface area (Å²) in [4.78, 5) is 16.7. The lowest BCUT2D eigenvalue weighted by molar-refractivity contribution is 0.193. The Morgan fingerprint density at radius 1 is 1.08 bits per heavy atom. The largest absolute Gasteiger partial charge is 0.469 e. The van der Waals surface area contributed by atoms with Gasteiger partial charge in [-0.15, -0.1) is 0 Å². The molecule has 0 rings (SSSR count). The van der Waals surface area contributed by atoms with Crippen LogP contribution in [0.25, 0.3) is 0 Å². The second-order valence-electron chi connectivity index (χ2n) is 2.78. The maximum atomic E-state index is 10.2. The van der Waals surface area contributed by atoms with Gasteiger partial charge >= 0.3 is 7.82 Å². The van der Waals surface area contributed by atoms with Crippen molar-refractivity contribution in [2.75, 3.05) is 11.0 Å². The van der Waals surface area contributed by atoms with Crippen molar-refractivity contribution in [3.05, 3.63) is 0 Å². The van der Waals surface area contributed by atoms with Gasteiger partial charge in [0.25, 0.3) is 0 Å². The van der Waals surface area contributed by atoms with Crippen LogP contribution in [0.5, 0.6) is 0 Å². The van der Waals surface area contributed by atoms with E-state index in [1.54, 1.807) is 0 Å². The topological polar surface area (TPSA) is 66.8 Å². The standard InChI is InChI=1S/C7H16IO4P/c8-6-4-2-1-3-5-7-12-13(9,10)11/h1-7H2,(H2,9,10,11). The fourth-order valence-corrected chi connectivity index (χ4v) is 1.82. The maximum absolute atomic E-state index is 10.2. The number of halogens is 1. The molecule has 0 amide bonds. The van der Waals surface area contributed by atoms with Crippen molar-refractivity contribution in [2.45, 2.75) is 32.1 Å². The van der Waals surface area contributed by atoms with Gasteiger partial charge in [0, 0.05) is 0 Å². The van der Waals surface area contributed by atoms with Crippen LogP contribution in [0.3, 0.4) is 0 Å². The van der Waals surface area contributed by atoms with E-state index in [9.17, 15) is 4.57 Å². The Morgan fingerprint density at radius 3 is 2.15 bits per heavy atom. The minimum absolute atomic E-state index is 0.161.